The first kappa shape index (κ1) is 9.97. The highest BCUT2D eigenvalue weighted by molar-refractivity contribution is 5.71. The van der Waals surface area contributed by atoms with Gasteiger partial charge >= 0.3 is 5.97 Å². The summed E-state index contributed by atoms with van der Waals surface area (Å²) in [5.41, 5.74) is 0. The number of hydrogen-bond acceptors (Lipinski definition) is 3. The van der Waals surface area contributed by atoms with E-state index in [0.29, 0.717) is 25.1 Å². The minimum Gasteiger partial charge on any atom is -0.464 e. The number of ether oxygens (including phenoxy) is 1. The summed E-state index contributed by atoms with van der Waals surface area (Å²) in [6, 6.07) is 0.592. The van der Waals surface area contributed by atoms with E-state index < -0.39 is 0 Å². The van der Waals surface area contributed by atoms with E-state index in [0.717, 1.165) is 0 Å². The Morgan fingerprint density at radius 1 is 1.21 bits per heavy atom. The number of nitrogens with one attached hydrogen (secondary N) is 1. The van der Waals surface area contributed by atoms with E-state index in [1.54, 1.807) is 0 Å². The van der Waals surface area contributed by atoms with Gasteiger partial charge in [-0.3, -0.25) is 4.79 Å². The average Bonchev–Trinajstić information content (AvgIpc) is 2.87. The Kier molecular flexibility index (Phi) is 3.40. The molecule has 0 aliphatic heterocycles. The van der Waals surface area contributed by atoms with Gasteiger partial charge in [-0.15, -0.1) is 0 Å². The van der Waals surface area contributed by atoms with Gasteiger partial charge in [0.25, 0.3) is 0 Å². The van der Waals surface area contributed by atoms with Gasteiger partial charge in [0.15, 0.2) is 0 Å². The van der Waals surface area contributed by atoms with Crippen molar-refractivity contribution in [1.29, 1.82) is 0 Å². The minimum absolute atomic E-state index is 0.0798. The summed E-state index contributed by atoms with van der Waals surface area (Å²) < 4.78 is 5.20. The zero-order valence-electron chi connectivity index (χ0n) is 8.63. The van der Waals surface area contributed by atoms with Crippen LogP contribution in [0.1, 0.15) is 38.5 Å². The van der Waals surface area contributed by atoms with Gasteiger partial charge in [-0.2, -0.15) is 0 Å². The Bertz CT molecular complexity index is 195. The zero-order chi connectivity index (χ0) is 9.80. The van der Waals surface area contributed by atoms with E-state index in [9.17, 15) is 4.79 Å². The lowest BCUT2D eigenvalue weighted by atomic mass is 10.1. The monoisotopic (exact) mass is 197 g/mol. The van der Waals surface area contributed by atoms with Crippen LogP contribution >= 0.6 is 0 Å². The van der Waals surface area contributed by atoms with Crippen LogP contribution in [-0.2, 0) is 9.53 Å². The van der Waals surface area contributed by atoms with Crippen LogP contribution in [0.4, 0.5) is 0 Å². The second kappa shape index (κ2) is 4.78. The highest BCUT2D eigenvalue weighted by Crippen LogP contribution is 2.24. The SMILES string of the molecule is O=C(CNC1CC1)OCC1CCCC1. The van der Waals surface area contributed by atoms with Crippen molar-refractivity contribution in [2.75, 3.05) is 13.2 Å². The van der Waals surface area contributed by atoms with Crippen molar-refractivity contribution in [1.82, 2.24) is 5.32 Å². The van der Waals surface area contributed by atoms with Crippen LogP contribution in [0.2, 0.25) is 0 Å². The number of carbonyl (C=O) groups is 1. The molecule has 2 aliphatic carbocycles. The number of carbonyl (C=O) groups excluding carboxylic acids is 1. The van der Waals surface area contributed by atoms with Gasteiger partial charge in [0.2, 0.25) is 0 Å². The average molecular weight is 197 g/mol. The Labute approximate surface area is 85.2 Å². The fourth-order valence-corrected chi connectivity index (χ4v) is 1.95. The van der Waals surface area contributed by atoms with Crippen LogP contribution < -0.4 is 5.32 Å². The standard InChI is InChI=1S/C11H19NO2/c13-11(7-12-10-5-6-10)14-8-9-3-1-2-4-9/h9-10,12H,1-8H2. The van der Waals surface area contributed by atoms with Crippen molar-refractivity contribution in [2.24, 2.45) is 5.92 Å². The molecule has 0 radical (unpaired) electrons. The molecule has 0 saturated heterocycles. The molecule has 0 aromatic rings. The molecule has 0 aromatic heterocycles. The fraction of sp³-hybridized carbons (Fsp3) is 0.909. The second-order valence-corrected chi connectivity index (χ2v) is 4.49. The van der Waals surface area contributed by atoms with E-state index in [-0.39, 0.29) is 5.97 Å². The second-order valence-electron chi connectivity index (χ2n) is 4.49. The molecule has 0 amide bonds. The van der Waals surface area contributed by atoms with Crippen molar-refractivity contribution in [3.05, 3.63) is 0 Å². The number of rotatable bonds is 5. The summed E-state index contributed by atoms with van der Waals surface area (Å²) in [4.78, 5) is 11.2. The summed E-state index contributed by atoms with van der Waals surface area (Å²) in [7, 11) is 0. The molecule has 2 rings (SSSR count). The molecule has 80 valence electrons. The minimum atomic E-state index is -0.0798. The van der Waals surface area contributed by atoms with Crippen molar-refractivity contribution in [2.45, 2.75) is 44.6 Å². The largest absolute Gasteiger partial charge is 0.464 e. The summed E-state index contributed by atoms with van der Waals surface area (Å²) in [5.74, 6) is 0.559. The summed E-state index contributed by atoms with van der Waals surface area (Å²) in [6.45, 7) is 1.04. The lowest BCUT2D eigenvalue weighted by molar-refractivity contribution is -0.143. The molecule has 0 unspecified atom stereocenters. The van der Waals surface area contributed by atoms with E-state index in [1.165, 1.54) is 38.5 Å². The molecule has 2 saturated carbocycles. The molecule has 0 heterocycles. The molecule has 0 spiro atoms. The quantitative estimate of drug-likeness (QED) is 0.678. The molecular formula is C11H19NO2. The van der Waals surface area contributed by atoms with E-state index in [1.807, 2.05) is 0 Å². The molecule has 0 bridgehead atoms. The van der Waals surface area contributed by atoms with Gasteiger partial charge in [0.1, 0.15) is 0 Å². The summed E-state index contributed by atoms with van der Waals surface area (Å²) in [6.07, 6.45) is 7.53. The topological polar surface area (TPSA) is 38.3 Å². The number of esters is 1. The van der Waals surface area contributed by atoms with Gasteiger partial charge in [-0.1, -0.05) is 12.8 Å². The van der Waals surface area contributed by atoms with Crippen molar-refractivity contribution in [3.63, 3.8) is 0 Å². The maximum Gasteiger partial charge on any atom is 0.319 e. The lowest BCUT2D eigenvalue weighted by Gasteiger charge is -2.10. The van der Waals surface area contributed by atoms with E-state index in [2.05, 4.69) is 5.32 Å². The molecule has 0 atom stereocenters. The third-order valence-corrected chi connectivity index (χ3v) is 3.07. The molecule has 3 heteroatoms. The molecule has 2 fully saturated rings. The predicted molar refractivity (Wildman–Crippen MR) is 53.9 cm³/mol. The van der Waals surface area contributed by atoms with Crippen molar-refractivity contribution in [3.8, 4) is 0 Å². The fourth-order valence-electron chi connectivity index (χ4n) is 1.95. The van der Waals surface area contributed by atoms with Crippen molar-refractivity contribution < 1.29 is 9.53 Å². The van der Waals surface area contributed by atoms with Crippen LogP contribution in [0.15, 0.2) is 0 Å². The van der Waals surface area contributed by atoms with Crippen LogP contribution in [0.5, 0.6) is 0 Å². The van der Waals surface area contributed by atoms with Gasteiger partial charge in [0.05, 0.1) is 13.2 Å². The Balaban J connectivity index is 1.52. The highest BCUT2D eigenvalue weighted by Gasteiger charge is 2.22. The number of hydrogen-bond donors (Lipinski definition) is 1. The predicted octanol–water partition coefficient (Wildman–Crippen LogP) is 1.47. The molecule has 3 nitrogen and oxygen atoms in total. The van der Waals surface area contributed by atoms with Crippen LogP contribution in [0, 0.1) is 5.92 Å². The summed E-state index contributed by atoms with van der Waals surface area (Å²) in [5, 5.41) is 3.16. The zero-order valence-corrected chi connectivity index (χ0v) is 8.63. The lowest BCUT2D eigenvalue weighted by Crippen LogP contribution is -2.27. The molecule has 14 heavy (non-hydrogen) atoms. The summed E-state index contributed by atoms with van der Waals surface area (Å²) >= 11 is 0. The molecule has 0 aromatic carbocycles. The Morgan fingerprint density at radius 2 is 1.93 bits per heavy atom. The molecule has 2 aliphatic rings. The van der Waals surface area contributed by atoms with E-state index >= 15 is 0 Å². The van der Waals surface area contributed by atoms with Crippen LogP contribution in [0.3, 0.4) is 0 Å². The first-order valence-corrected chi connectivity index (χ1v) is 5.73. The normalized spacial score (nSPS) is 22.6. The smallest absolute Gasteiger partial charge is 0.319 e. The van der Waals surface area contributed by atoms with Crippen LogP contribution in [-0.4, -0.2) is 25.2 Å². The highest BCUT2D eigenvalue weighted by atomic mass is 16.5. The van der Waals surface area contributed by atoms with Gasteiger partial charge < -0.3 is 10.1 Å². The Morgan fingerprint density at radius 3 is 2.57 bits per heavy atom. The Hall–Kier alpha value is -0.570. The first-order chi connectivity index (χ1) is 6.84. The van der Waals surface area contributed by atoms with Gasteiger partial charge in [0, 0.05) is 6.04 Å². The maximum atomic E-state index is 11.2. The molecular weight excluding hydrogens is 178 g/mol. The molecule has 1 N–H and O–H groups in total. The first-order valence-electron chi connectivity index (χ1n) is 5.73. The van der Waals surface area contributed by atoms with Gasteiger partial charge in [-0.05, 0) is 31.6 Å². The maximum absolute atomic E-state index is 11.2. The van der Waals surface area contributed by atoms with Crippen LogP contribution in [0.25, 0.3) is 0 Å². The third-order valence-electron chi connectivity index (χ3n) is 3.07. The van der Waals surface area contributed by atoms with Crippen molar-refractivity contribution >= 4 is 5.97 Å². The van der Waals surface area contributed by atoms with Gasteiger partial charge in [-0.25, -0.2) is 0 Å². The third kappa shape index (κ3) is 3.29. The van der Waals surface area contributed by atoms with E-state index in [4.69, 9.17) is 4.74 Å².